The number of alkyl halides is 1. The first kappa shape index (κ1) is 10.7. The molecule has 1 aromatic carbocycles. The van der Waals surface area contributed by atoms with E-state index in [1.807, 2.05) is 0 Å². The lowest BCUT2D eigenvalue weighted by Gasteiger charge is -2.14. The quantitative estimate of drug-likeness (QED) is 0.676. The van der Waals surface area contributed by atoms with Crippen molar-refractivity contribution in [1.29, 1.82) is 0 Å². The molecule has 2 aliphatic rings. The van der Waals surface area contributed by atoms with Crippen LogP contribution in [0.15, 0.2) is 18.2 Å². The van der Waals surface area contributed by atoms with E-state index >= 15 is 0 Å². The fraction of sp³-hybridized carbons (Fsp3) is 0.600. The lowest BCUT2D eigenvalue weighted by molar-refractivity contribution is 0.552. The summed E-state index contributed by atoms with van der Waals surface area (Å²) in [5, 5.41) is 0.424. The van der Waals surface area contributed by atoms with E-state index in [9.17, 15) is 0 Å². The lowest BCUT2D eigenvalue weighted by atomic mass is 9.95. The molecule has 0 heterocycles. The Bertz CT molecular complexity index is 383. The van der Waals surface area contributed by atoms with Gasteiger partial charge in [-0.2, -0.15) is 0 Å². The van der Waals surface area contributed by atoms with Gasteiger partial charge in [0.1, 0.15) is 0 Å². The Morgan fingerprint density at radius 2 is 1.94 bits per heavy atom. The SMILES string of the molecule is ClC1CCCC1Cc1ccc2c(c1)CCC2. The van der Waals surface area contributed by atoms with E-state index in [0.29, 0.717) is 5.38 Å². The highest BCUT2D eigenvalue weighted by Gasteiger charge is 2.25. The van der Waals surface area contributed by atoms with Crippen molar-refractivity contribution in [2.45, 2.75) is 50.3 Å². The molecular weight excluding hydrogens is 216 g/mol. The smallest absolute Gasteiger partial charge is 0.0367 e. The molecule has 1 saturated carbocycles. The minimum absolute atomic E-state index is 0.424. The Labute approximate surface area is 103 Å². The van der Waals surface area contributed by atoms with Gasteiger partial charge >= 0.3 is 0 Å². The maximum Gasteiger partial charge on any atom is 0.0367 e. The van der Waals surface area contributed by atoms with E-state index in [1.165, 1.54) is 50.5 Å². The number of halogens is 1. The first-order valence-corrected chi connectivity index (χ1v) is 7.01. The summed E-state index contributed by atoms with van der Waals surface area (Å²) >= 11 is 6.35. The van der Waals surface area contributed by atoms with Gasteiger partial charge < -0.3 is 0 Å². The van der Waals surface area contributed by atoms with Crippen molar-refractivity contribution < 1.29 is 0 Å². The summed E-state index contributed by atoms with van der Waals surface area (Å²) in [7, 11) is 0. The summed E-state index contributed by atoms with van der Waals surface area (Å²) in [4.78, 5) is 0. The third kappa shape index (κ3) is 2.00. The zero-order valence-electron chi connectivity index (χ0n) is 9.71. The summed E-state index contributed by atoms with van der Waals surface area (Å²) in [6, 6.07) is 7.10. The number of aryl methyl sites for hydroxylation is 2. The fourth-order valence-electron chi connectivity index (χ4n) is 3.28. The molecule has 1 aromatic rings. The van der Waals surface area contributed by atoms with Crippen LogP contribution in [0.3, 0.4) is 0 Å². The summed E-state index contributed by atoms with van der Waals surface area (Å²) in [6.07, 6.45) is 8.99. The maximum absolute atomic E-state index is 6.35. The van der Waals surface area contributed by atoms with Crippen molar-refractivity contribution >= 4 is 11.6 Å². The van der Waals surface area contributed by atoms with Crippen LogP contribution in [-0.4, -0.2) is 5.38 Å². The second kappa shape index (κ2) is 4.41. The van der Waals surface area contributed by atoms with Crippen LogP contribution in [0.1, 0.15) is 42.4 Å². The number of fused-ring (bicyclic) bond motifs is 1. The van der Waals surface area contributed by atoms with Crippen LogP contribution in [0.5, 0.6) is 0 Å². The van der Waals surface area contributed by atoms with E-state index in [1.54, 1.807) is 11.1 Å². The Morgan fingerprint density at radius 3 is 2.75 bits per heavy atom. The van der Waals surface area contributed by atoms with Gasteiger partial charge in [0.2, 0.25) is 0 Å². The minimum atomic E-state index is 0.424. The van der Waals surface area contributed by atoms with Gasteiger partial charge in [-0.05, 0) is 61.1 Å². The number of benzene rings is 1. The average molecular weight is 235 g/mol. The van der Waals surface area contributed by atoms with Crippen molar-refractivity contribution in [3.63, 3.8) is 0 Å². The normalized spacial score (nSPS) is 28.3. The molecule has 3 rings (SSSR count). The van der Waals surface area contributed by atoms with Crippen molar-refractivity contribution in [2.24, 2.45) is 5.92 Å². The molecule has 1 heteroatoms. The molecule has 0 nitrogen and oxygen atoms in total. The van der Waals surface area contributed by atoms with Crippen molar-refractivity contribution in [1.82, 2.24) is 0 Å². The monoisotopic (exact) mass is 234 g/mol. The van der Waals surface area contributed by atoms with Gasteiger partial charge in [-0.1, -0.05) is 24.6 Å². The summed E-state index contributed by atoms with van der Waals surface area (Å²) < 4.78 is 0. The molecule has 0 N–H and O–H groups in total. The minimum Gasteiger partial charge on any atom is -0.123 e. The molecule has 0 spiro atoms. The summed E-state index contributed by atoms with van der Waals surface area (Å²) in [5.74, 6) is 0.723. The average Bonchev–Trinajstić information content (AvgIpc) is 2.88. The van der Waals surface area contributed by atoms with Gasteiger partial charge in [-0.3, -0.25) is 0 Å². The molecular formula is C15H19Cl. The first-order valence-electron chi connectivity index (χ1n) is 6.57. The second-order valence-corrected chi connectivity index (χ2v) is 5.93. The molecule has 0 saturated heterocycles. The predicted octanol–water partition coefficient (Wildman–Crippen LogP) is 4.13. The van der Waals surface area contributed by atoms with Crippen LogP contribution in [0.4, 0.5) is 0 Å². The molecule has 2 aliphatic carbocycles. The first-order chi connectivity index (χ1) is 7.83. The fourth-order valence-corrected chi connectivity index (χ4v) is 3.65. The van der Waals surface area contributed by atoms with Crippen molar-refractivity contribution in [2.75, 3.05) is 0 Å². The second-order valence-electron chi connectivity index (χ2n) is 5.37. The molecule has 1 fully saturated rings. The molecule has 0 amide bonds. The third-order valence-corrected chi connectivity index (χ3v) is 4.80. The van der Waals surface area contributed by atoms with Crippen LogP contribution in [0.2, 0.25) is 0 Å². The molecule has 0 bridgehead atoms. The predicted molar refractivity (Wildman–Crippen MR) is 69.2 cm³/mol. The van der Waals surface area contributed by atoms with E-state index in [-0.39, 0.29) is 0 Å². The zero-order chi connectivity index (χ0) is 11.0. The van der Waals surface area contributed by atoms with E-state index in [0.717, 1.165) is 5.92 Å². The number of hydrogen-bond acceptors (Lipinski definition) is 0. The molecule has 0 aromatic heterocycles. The van der Waals surface area contributed by atoms with E-state index in [4.69, 9.17) is 11.6 Å². The highest BCUT2D eigenvalue weighted by Crippen LogP contribution is 2.33. The van der Waals surface area contributed by atoms with Gasteiger partial charge in [0.15, 0.2) is 0 Å². The van der Waals surface area contributed by atoms with Crippen LogP contribution in [0, 0.1) is 5.92 Å². The Balaban J connectivity index is 1.75. The number of hydrogen-bond donors (Lipinski definition) is 0. The molecule has 16 heavy (non-hydrogen) atoms. The molecule has 2 unspecified atom stereocenters. The molecule has 86 valence electrons. The Hall–Kier alpha value is -0.490. The van der Waals surface area contributed by atoms with Crippen LogP contribution >= 0.6 is 11.6 Å². The standard InChI is InChI=1S/C15H19Cl/c16-15-6-2-5-14(15)10-11-7-8-12-3-1-4-13(12)9-11/h7-9,14-15H,1-6,10H2. The molecule has 0 aliphatic heterocycles. The zero-order valence-corrected chi connectivity index (χ0v) is 10.5. The summed E-state index contributed by atoms with van der Waals surface area (Å²) in [6.45, 7) is 0. The van der Waals surface area contributed by atoms with Gasteiger partial charge in [-0.25, -0.2) is 0 Å². The molecule has 2 atom stereocenters. The lowest BCUT2D eigenvalue weighted by Crippen LogP contribution is -2.10. The van der Waals surface area contributed by atoms with Crippen LogP contribution in [-0.2, 0) is 19.3 Å². The van der Waals surface area contributed by atoms with Crippen LogP contribution < -0.4 is 0 Å². The molecule has 0 radical (unpaired) electrons. The van der Waals surface area contributed by atoms with Crippen LogP contribution in [0.25, 0.3) is 0 Å². The van der Waals surface area contributed by atoms with Gasteiger partial charge in [0, 0.05) is 5.38 Å². The van der Waals surface area contributed by atoms with E-state index in [2.05, 4.69) is 18.2 Å². The van der Waals surface area contributed by atoms with Crippen molar-refractivity contribution in [3.8, 4) is 0 Å². The summed E-state index contributed by atoms with van der Waals surface area (Å²) in [5.41, 5.74) is 4.69. The highest BCUT2D eigenvalue weighted by atomic mass is 35.5. The van der Waals surface area contributed by atoms with Gasteiger partial charge in [0.25, 0.3) is 0 Å². The van der Waals surface area contributed by atoms with Gasteiger partial charge in [-0.15, -0.1) is 11.6 Å². The Kier molecular flexibility index (Phi) is 2.93. The number of rotatable bonds is 2. The van der Waals surface area contributed by atoms with Gasteiger partial charge in [0.05, 0.1) is 0 Å². The third-order valence-electron chi connectivity index (χ3n) is 4.23. The maximum atomic E-state index is 6.35. The topological polar surface area (TPSA) is 0 Å². The highest BCUT2D eigenvalue weighted by molar-refractivity contribution is 6.20. The van der Waals surface area contributed by atoms with Crippen molar-refractivity contribution in [3.05, 3.63) is 34.9 Å². The van der Waals surface area contributed by atoms with E-state index < -0.39 is 0 Å². The Morgan fingerprint density at radius 1 is 1.06 bits per heavy atom. The largest absolute Gasteiger partial charge is 0.123 e.